The van der Waals surface area contributed by atoms with Crippen molar-refractivity contribution < 1.29 is 0 Å². The van der Waals surface area contributed by atoms with Gasteiger partial charge in [-0.15, -0.1) is 0 Å². The van der Waals surface area contributed by atoms with E-state index in [9.17, 15) is 0 Å². The van der Waals surface area contributed by atoms with Gasteiger partial charge in [0.2, 0.25) is 0 Å². The Balaban J connectivity index is 1.89. The predicted octanol–water partition coefficient (Wildman–Crippen LogP) is 2.43. The lowest BCUT2D eigenvalue weighted by atomic mass is 10.2. The molecule has 1 aliphatic rings. The van der Waals surface area contributed by atoms with Gasteiger partial charge >= 0.3 is 0 Å². The second kappa shape index (κ2) is 5.98. The maximum atomic E-state index is 2.56. The van der Waals surface area contributed by atoms with Crippen molar-refractivity contribution in [3.05, 3.63) is 33.4 Å². The zero-order valence-electron chi connectivity index (χ0n) is 9.82. The number of likely N-dealkylation sites (N-methyl/N-ethyl adjacent to an activating group) is 1. The van der Waals surface area contributed by atoms with E-state index in [0.717, 1.165) is 6.54 Å². The van der Waals surface area contributed by atoms with Crippen LogP contribution in [0.5, 0.6) is 0 Å². The summed E-state index contributed by atoms with van der Waals surface area (Å²) in [6.07, 6.45) is 0. The van der Waals surface area contributed by atoms with Gasteiger partial charge in [-0.2, -0.15) is 0 Å². The van der Waals surface area contributed by atoms with Gasteiger partial charge in [-0.05, 0) is 40.8 Å². The fourth-order valence-electron chi connectivity index (χ4n) is 2.13. The van der Waals surface area contributed by atoms with Crippen LogP contribution in [0.4, 0.5) is 0 Å². The molecule has 0 amide bonds. The van der Waals surface area contributed by atoms with Crippen molar-refractivity contribution in [3.8, 4) is 0 Å². The highest BCUT2D eigenvalue weighted by Crippen LogP contribution is 2.14. The lowest BCUT2D eigenvalue weighted by Gasteiger charge is -2.34. The lowest BCUT2D eigenvalue weighted by molar-refractivity contribution is 0.131. The first kappa shape index (κ1) is 12.3. The Kier molecular flexibility index (Phi) is 4.61. The smallest absolute Gasteiger partial charge is 0.0245 e. The van der Waals surface area contributed by atoms with Crippen LogP contribution in [0.3, 0.4) is 0 Å². The minimum atomic E-state index is 1.11. The molecule has 2 nitrogen and oxygen atoms in total. The van der Waals surface area contributed by atoms with Gasteiger partial charge < -0.3 is 4.90 Å². The van der Waals surface area contributed by atoms with Crippen LogP contribution in [0, 0.1) is 3.57 Å². The van der Waals surface area contributed by atoms with E-state index >= 15 is 0 Å². The third-order valence-corrected chi connectivity index (χ3v) is 4.32. The van der Waals surface area contributed by atoms with Crippen molar-refractivity contribution in [1.82, 2.24) is 9.80 Å². The van der Waals surface area contributed by atoms with Gasteiger partial charge in [0.25, 0.3) is 0 Å². The largest absolute Gasteiger partial charge is 0.301 e. The van der Waals surface area contributed by atoms with E-state index in [1.807, 2.05) is 0 Å². The molecule has 1 fully saturated rings. The molecule has 88 valence electrons. The third kappa shape index (κ3) is 3.18. The fourth-order valence-corrected chi connectivity index (χ4v) is 2.69. The van der Waals surface area contributed by atoms with E-state index < -0.39 is 0 Å². The second-order valence-corrected chi connectivity index (χ2v) is 5.46. The zero-order chi connectivity index (χ0) is 11.4. The molecule has 1 aromatic rings. The van der Waals surface area contributed by atoms with Crippen molar-refractivity contribution in [3.63, 3.8) is 0 Å². The van der Waals surface area contributed by atoms with E-state index in [2.05, 4.69) is 63.6 Å². The predicted molar refractivity (Wildman–Crippen MR) is 76.6 cm³/mol. The van der Waals surface area contributed by atoms with E-state index in [-0.39, 0.29) is 0 Å². The molecule has 0 N–H and O–H groups in total. The monoisotopic (exact) mass is 330 g/mol. The van der Waals surface area contributed by atoms with Crippen molar-refractivity contribution in [2.24, 2.45) is 0 Å². The van der Waals surface area contributed by atoms with Gasteiger partial charge in [-0.1, -0.05) is 25.1 Å². The molecule has 1 aromatic carbocycles. The van der Waals surface area contributed by atoms with Gasteiger partial charge in [0, 0.05) is 36.3 Å². The Morgan fingerprint density at radius 2 is 1.69 bits per heavy atom. The molecule has 0 spiro atoms. The van der Waals surface area contributed by atoms with Gasteiger partial charge in [0.1, 0.15) is 0 Å². The standard InChI is InChI=1S/C13H19IN2/c1-2-15-7-9-16(10-8-15)11-12-5-3-4-6-13(12)14/h3-6H,2,7-11H2,1H3. The number of rotatable bonds is 3. The summed E-state index contributed by atoms with van der Waals surface area (Å²) >= 11 is 2.43. The van der Waals surface area contributed by atoms with Crippen LogP contribution in [0.15, 0.2) is 24.3 Å². The molecule has 2 rings (SSSR count). The second-order valence-electron chi connectivity index (χ2n) is 4.30. The summed E-state index contributed by atoms with van der Waals surface area (Å²) in [6.45, 7) is 9.40. The van der Waals surface area contributed by atoms with Crippen LogP contribution in [-0.2, 0) is 6.54 Å². The minimum absolute atomic E-state index is 1.11. The summed E-state index contributed by atoms with van der Waals surface area (Å²) in [5.41, 5.74) is 1.47. The summed E-state index contributed by atoms with van der Waals surface area (Å²) < 4.78 is 1.39. The zero-order valence-corrected chi connectivity index (χ0v) is 12.0. The third-order valence-electron chi connectivity index (χ3n) is 3.26. The molecule has 0 unspecified atom stereocenters. The van der Waals surface area contributed by atoms with Crippen LogP contribution in [-0.4, -0.2) is 42.5 Å². The molecule has 1 heterocycles. The van der Waals surface area contributed by atoms with Gasteiger partial charge in [0.05, 0.1) is 0 Å². The topological polar surface area (TPSA) is 6.48 Å². The molecule has 16 heavy (non-hydrogen) atoms. The van der Waals surface area contributed by atoms with Crippen molar-refractivity contribution in [1.29, 1.82) is 0 Å². The molecule has 1 saturated heterocycles. The van der Waals surface area contributed by atoms with Crippen LogP contribution in [0.1, 0.15) is 12.5 Å². The molecule has 1 aliphatic heterocycles. The number of nitrogens with zero attached hydrogens (tertiary/aromatic N) is 2. The Morgan fingerprint density at radius 1 is 1.06 bits per heavy atom. The molecule has 0 aliphatic carbocycles. The highest BCUT2D eigenvalue weighted by molar-refractivity contribution is 14.1. The maximum absolute atomic E-state index is 2.56. The van der Waals surface area contributed by atoms with Crippen molar-refractivity contribution >= 4 is 22.6 Å². The molecule has 0 atom stereocenters. The number of hydrogen-bond donors (Lipinski definition) is 0. The highest BCUT2D eigenvalue weighted by Gasteiger charge is 2.15. The lowest BCUT2D eigenvalue weighted by Crippen LogP contribution is -2.45. The number of hydrogen-bond acceptors (Lipinski definition) is 2. The minimum Gasteiger partial charge on any atom is -0.301 e. The molecule has 3 heteroatoms. The van der Waals surface area contributed by atoms with E-state index in [0.29, 0.717) is 0 Å². The van der Waals surface area contributed by atoms with Crippen LogP contribution >= 0.6 is 22.6 Å². The Hall–Kier alpha value is -0.130. The quantitative estimate of drug-likeness (QED) is 0.786. The van der Waals surface area contributed by atoms with Gasteiger partial charge in [-0.3, -0.25) is 4.90 Å². The summed E-state index contributed by atoms with van der Waals surface area (Å²) in [4.78, 5) is 5.08. The molecular formula is C13H19IN2. The average Bonchev–Trinajstić information content (AvgIpc) is 2.33. The molecule has 0 bridgehead atoms. The Morgan fingerprint density at radius 3 is 2.31 bits per heavy atom. The molecular weight excluding hydrogens is 311 g/mol. The van der Waals surface area contributed by atoms with Crippen LogP contribution in [0.2, 0.25) is 0 Å². The summed E-state index contributed by atoms with van der Waals surface area (Å²) in [7, 11) is 0. The number of halogens is 1. The average molecular weight is 330 g/mol. The fraction of sp³-hybridized carbons (Fsp3) is 0.538. The van der Waals surface area contributed by atoms with Crippen LogP contribution in [0.25, 0.3) is 0 Å². The van der Waals surface area contributed by atoms with Crippen LogP contribution < -0.4 is 0 Å². The first-order valence-corrected chi connectivity index (χ1v) is 7.05. The molecule has 0 aromatic heterocycles. The van der Waals surface area contributed by atoms with E-state index in [1.165, 1.54) is 41.9 Å². The SMILES string of the molecule is CCN1CCN(Cc2ccccc2I)CC1. The highest BCUT2D eigenvalue weighted by atomic mass is 127. The normalized spacial score (nSPS) is 18.9. The first-order chi connectivity index (χ1) is 7.79. The summed E-state index contributed by atoms with van der Waals surface area (Å²) in [5, 5.41) is 0. The molecule has 0 saturated carbocycles. The van der Waals surface area contributed by atoms with Gasteiger partial charge in [-0.25, -0.2) is 0 Å². The Labute approximate surface area is 112 Å². The van der Waals surface area contributed by atoms with Crippen molar-refractivity contribution in [2.45, 2.75) is 13.5 Å². The van der Waals surface area contributed by atoms with Crippen molar-refractivity contribution in [2.75, 3.05) is 32.7 Å². The van der Waals surface area contributed by atoms with E-state index in [1.54, 1.807) is 0 Å². The first-order valence-electron chi connectivity index (χ1n) is 5.97. The summed E-state index contributed by atoms with van der Waals surface area (Å²) in [5.74, 6) is 0. The van der Waals surface area contributed by atoms with Gasteiger partial charge in [0.15, 0.2) is 0 Å². The molecule has 0 radical (unpaired) electrons. The number of benzene rings is 1. The summed E-state index contributed by atoms with van der Waals surface area (Å²) in [6, 6.07) is 8.69. The van der Waals surface area contributed by atoms with E-state index in [4.69, 9.17) is 0 Å². The maximum Gasteiger partial charge on any atom is 0.0245 e. The Bertz CT molecular complexity index is 332. The number of piperazine rings is 1.